The van der Waals surface area contributed by atoms with E-state index in [2.05, 4.69) is 19.6 Å². The lowest BCUT2D eigenvalue weighted by Crippen LogP contribution is -2.36. The average Bonchev–Trinajstić information content (AvgIpc) is 3.37. The minimum absolute atomic E-state index is 0.0545. The van der Waals surface area contributed by atoms with Gasteiger partial charge in [-0.15, -0.1) is 0 Å². The maximum Gasteiger partial charge on any atom is 0.151 e. The van der Waals surface area contributed by atoms with E-state index in [1.54, 1.807) is 24.6 Å². The third kappa shape index (κ3) is 5.69. The molecule has 0 spiro atoms. The molecule has 2 aliphatic heterocycles. The van der Waals surface area contributed by atoms with Gasteiger partial charge in [-0.05, 0) is 50.6 Å². The van der Waals surface area contributed by atoms with Crippen molar-refractivity contribution in [1.29, 1.82) is 0 Å². The van der Waals surface area contributed by atoms with E-state index in [0.29, 0.717) is 41.7 Å². The van der Waals surface area contributed by atoms with Gasteiger partial charge in [-0.25, -0.2) is 18.6 Å². The highest BCUT2D eigenvalue weighted by molar-refractivity contribution is 7.92. The SMILES string of the molecule is Cc1cc(N=S(C)(C)=O)cc2ncnc(Nc3ccc(F)cc3O[C@@H]3CO[C@H]4[C@@H]3OC[C@H]4OC(C)C)c12. The Labute approximate surface area is 215 Å². The molecule has 3 aromatic rings. The number of anilines is 2. The van der Waals surface area contributed by atoms with Crippen LogP contribution in [0.25, 0.3) is 10.9 Å². The summed E-state index contributed by atoms with van der Waals surface area (Å²) < 4.78 is 54.8. The topological polar surface area (TPSA) is 104 Å². The summed E-state index contributed by atoms with van der Waals surface area (Å²) in [5, 5.41) is 4.05. The molecular formula is C26H31FN4O5S. The first-order valence-corrected chi connectivity index (χ1v) is 14.4. The first-order chi connectivity index (χ1) is 17.6. The lowest BCUT2D eigenvalue weighted by molar-refractivity contribution is -0.0598. The molecule has 1 N–H and O–H groups in total. The molecular weight excluding hydrogens is 499 g/mol. The van der Waals surface area contributed by atoms with Gasteiger partial charge >= 0.3 is 0 Å². The highest BCUT2D eigenvalue weighted by Gasteiger charge is 2.50. The second kappa shape index (κ2) is 10.1. The molecule has 9 nitrogen and oxygen atoms in total. The van der Waals surface area contributed by atoms with Gasteiger partial charge in [-0.3, -0.25) is 0 Å². The van der Waals surface area contributed by atoms with Gasteiger partial charge in [0, 0.05) is 33.7 Å². The van der Waals surface area contributed by atoms with Gasteiger partial charge in [0.15, 0.2) is 6.10 Å². The van der Waals surface area contributed by atoms with Crippen LogP contribution in [0.3, 0.4) is 0 Å². The summed E-state index contributed by atoms with van der Waals surface area (Å²) in [4.78, 5) is 8.81. The fraction of sp³-hybridized carbons (Fsp3) is 0.462. The van der Waals surface area contributed by atoms with Gasteiger partial charge in [0.1, 0.15) is 42.0 Å². The van der Waals surface area contributed by atoms with Crippen LogP contribution in [0.4, 0.5) is 21.6 Å². The zero-order chi connectivity index (χ0) is 26.3. The van der Waals surface area contributed by atoms with Gasteiger partial charge in [-0.2, -0.15) is 4.36 Å². The number of fused-ring (bicyclic) bond motifs is 2. The van der Waals surface area contributed by atoms with E-state index in [1.165, 1.54) is 18.5 Å². The summed E-state index contributed by atoms with van der Waals surface area (Å²) in [6.45, 7) is 6.59. The van der Waals surface area contributed by atoms with Gasteiger partial charge in [-0.1, -0.05) is 0 Å². The maximum absolute atomic E-state index is 14.3. The summed E-state index contributed by atoms with van der Waals surface area (Å²) in [6, 6.07) is 7.91. The number of hydrogen-bond acceptors (Lipinski definition) is 9. The second-order valence-corrected chi connectivity index (χ2v) is 12.4. The molecule has 5 rings (SSSR count). The number of aryl methyl sites for hydroxylation is 1. The highest BCUT2D eigenvalue weighted by atomic mass is 32.2. The monoisotopic (exact) mass is 530 g/mol. The number of nitrogens with one attached hydrogen (secondary N) is 1. The fourth-order valence-corrected chi connectivity index (χ4v) is 5.37. The predicted molar refractivity (Wildman–Crippen MR) is 140 cm³/mol. The Bertz CT molecular complexity index is 1430. The fourth-order valence-electron chi connectivity index (χ4n) is 4.76. The van der Waals surface area contributed by atoms with Crippen molar-refractivity contribution in [1.82, 2.24) is 9.97 Å². The number of benzene rings is 2. The van der Waals surface area contributed by atoms with Gasteiger partial charge in [0.05, 0.1) is 36.2 Å². The summed E-state index contributed by atoms with van der Waals surface area (Å²) >= 11 is 0. The molecule has 0 aliphatic carbocycles. The normalized spacial score (nSPS) is 23.4. The van der Waals surface area contributed by atoms with E-state index in [-0.39, 0.29) is 24.4 Å². The van der Waals surface area contributed by atoms with Gasteiger partial charge < -0.3 is 24.3 Å². The van der Waals surface area contributed by atoms with Crippen LogP contribution >= 0.6 is 0 Å². The Morgan fingerprint density at radius 1 is 1.11 bits per heavy atom. The third-order valence-corrected chi connectivity index (χ3v) is 6.78. The number of halogens is 1. The van der Waals surface area contributed by atoms with Crippen molar-refractivity contribution < 1.29 is 27.5 Å². The molecule has 3 heterocycles. The van der Waals surface area contributed by atoms with E-state index in [9.17, 15) is 8.60 Å². The summed E-state index contributed by atoms with van der Waals surface area (Å²) in [5.41, 5.74) is 2.63. The molecule has 1 aromatic heterocycles. The van der Waals surface area contributed by atoms with Crippen LogP contribution in [-0.2, 0) is 23.9 Å². The van der Waals surface area contributed by atoms with Crippen LogP contribution in [-0.4, -0.2) is 70.4 Å². The number of rotatable bonds is 7. The lowest BCUT2D eigenvalue weighted by atomic mass is 10.1. The van der Waals surface area contributed by atoms with Crippen LogP contribution in [0.1, 0.15) is 19.4 Å². The summed E-state index contributed by atoms with van der Waals surface area (Å²) in [5.74, 6) is 0.420. The maximum atomic E-state index is 14.3. The van der Waals surface area contributed by atoms with Crippen LogP contribution in [0.2, 0.25) is 0 Å². The van der Waals surface area contributed by atoms with Crippen molar-refractivity contribution in [3.63, 3.8) is 0 Å². The van der Waals surface area contributed by atoms with Crippen LogP contribution in [0.5, 0.6) is 5.75 Å². The number of hydrogen-bond donors (Lipinski definition) is 1. The van der Waals surface area contributed by atoms with E-state index in [0.717, 1.165) is 10.9 Å². The van der Waals surface area contributed by atoms with Crippen LogP contribution in [0.15, 0.2) is 41.0 Å². The van der Waals surface area contributed by atoms with Crippen molar-refractivity contribution in [2.75, 3.05) is 31.0 Å². The van der Waals surface area contributed by atoms with Gasteiger partial charge in [0.2, 0.25) is 0 Å². The Morgan fingerprint density at radius 2 is 1.84 bits per heavy atom. The average molecular weight is 531 g/mol. The molecule has 2 aromatic carbocycles. The molecule has 0 amide bonds. The zero-order valence-electron chi connectivity index (χ0n) is 21.4. The molecule has 2 aliphatic rings. The van der Waals surface area contributed by atoms with Crippen molar-refractivity contribution in [2.24, 2.45) is 4.36 Å². The van der Waals surface area contributed by atoms with Gasteiger partial charge in [0.25, 0.3) is 0 Å². The molecule has 11 heteroatoms. The molecule has 0 unspecified atom stereocenters. The summed E-state index contributed by atoms with van der Waals surface area (Å²) in [7, 11) is -2.32. The largest absolute Gasteiger partial charge is 0.483 e. The molecule has 2 saturated heterocycles. The molecule has 2 fully saturated rings. The molecule has 4 atom stereocenters. The molecule has 37 heavy (non-hydrogen) atoms. The second-order valence-electron chi connectivity index (χ2n) is 9.89. The Balaban J connectivity index is 1.42. The van der Waals surface area contributed by atoms with Crippen molar-refractivity contribution in [3.05, 3.63) is 48.0 Å². The predicted octanol–water partition coefficient (Wildman–Crippen LogP) is 4.52. The zero-order valence-corrected chi connectivity index (χ0v) is 22.3. The lowest BCUT2D eigenvalue weighted by Gasteiger charge is -2.21. The molecule has 0 bridgehead atoms. The number of ether oxygens (including phenoxy) is 4. The molecule has 0 radical (unpaired) electrons. The van der Waals surface area contributed by atoms with E-state index in [1.807, 2.05) is 26.8 Å². The smallest absolute Gasteiger partial charge is 0.151 e. The van der Waals surface area contributed by atoms with Crippen LogP contribution < -0.4 is 10.1 Å². The Hall–Kier alpha value is -2.86. The highest BCUT2D eigenvalue weighted by Crippen LogP contribution is 2.37. The first-order valence-electron chi connectivity index (χ1n) is 12.1. The first kappa shape index (κ1) is 25.8. The van der Waals surface area contributed by atoms with E-state index in [4.69, 9.17) is 18.9 Å². The quantitative estimate of drug-likeness (QED) is 0.476. The minimum Gasteiger partial charge on any atom is -0.483 e. The standard InChI is InChI=1S/C26H31FN4O5S/c1-14(2)35-21-11-33-25-22(12-34-24(21)25)36-20-9-16(27)6-7-18(20)30-26-23-15(3)8-17(31-37(4,5)32)10-19(23)28-13-29-26/h6-10,13-14,21-22,24-25H,11-12H2,1-5H3,(H,28,29,30)/t21-,22-,24-,25-/m1/s1. The van der Waals surface area contributed by atoms with Crippen LogP contribution in [0, 0.1) is 12.7 Å². The Kier molecular flexibility index (Phi) is 7.06. The van der Waals surface area contributed by atoms with Crippen molar-refractivity contribution in [2.45, 2.75) is 51.3 Å². The van der Waals surface area contributed by atoms with E-state index < -0.39 is 21.7 Å². The van der Waals surface area contributed by atoms with Crippen molar-refractivity contribution >= 4 is 37.8 Å². The third-order valence-electron chi connectivity index (χ3n) is 6.13. The number of aromatic nitrogens is 2. The van der Waals surface area contributed by atoms with E-state index >= 15 is 0 Å². The summed E-state index contributed by atoms with van der Waals surface area (Å²) in [6.07, 6.45) is 3.54. The van der Waals surface area contributed by atoms with Crippen molar-refractivity contribution in [3.8, 4) is 5.75 Å². The minimum atomic E-state index is -2.32. The molecule has 198 valence electrons. The molecule has 0 saturated carbocycles. The number of nitrogens with zero attached hydrogens (tertiary/aromatic N) is 3. The Morgan fingerprint density at radius 3 is 2.57 bits per heavy atom.